The summed E-state index contributed by atoms with van der Waals surface area (Å²) in [6.45, 7) is 5.19. The highest BCUT2D eigenvalue weighted by Gasteiger charge is 2.07. The number of likely N-dealkylation sites (N-methyl/N-ethyl adjacent to an activating group) is 1. The molecule has 0 aromatic heterocycles. The van der Waals surface area contributed by atoms with Gasteiger partial charge >= 0.3 is 6.03 Å². The van der Waals surface area contributed by atoms with Gasteiger partial charge in [-0.3, -0.25) is 4.79 Å². The Morgan fingerprint density at radius 1 is 1.21 bits per heavy atom. The summed E-state index contributed by atoms with van der Waals surface area (Å²) in [6.07, 6.45) is 0.885. The first-order chi connectivity index (χ1) is 6.61. The molecule has 0 aromatic carbocycles. The summed E-state index contributed by atoms with van der Waals surface area (Å²) in [7, 11) is 1.70. The van der Waals surface area contributed by atoms with E-state index in [-0.39, 0.29) is 18.5 Å². The van der Waals surface area contributed by atoms with Gasteiger partial charge in [-0.15, -0.1) is 0 Å². The Morgan fingerprint density at radius 3 is 2.36 bits per heavy atom. The molecule has 0 atom stereocenters. The lowest BCUT2D eigenvalue weighted by atomic mass is 10.5. The third-order valence-corrected chi connectivity index (χ3v) is 1.84. The van der Waals surface area contributed by atoms with Crippen LogP contribution in [0.4, 0.5) is 4.79 Å². The molecule has 0 heterocycles. The van der Waals surface area contributed by atoms with E-state index in [2.05, 4.69) is 10.6 Å². The molecule has 3 amide bonds. The summed E-state index contributed by atoms with van der Waals surface area (Å²) in [4.78, 5) is 23.8. The first-order valence-corrected chi connectivity index (χ1v) is 4.87. The van der Waals surface area contributed by atoms with Gasteiger partial charge in [0.05, 0.1) is 6.54 Å². The molecule has 14 heavy (non-hydrogen) atoms. The Hall–Kier alpha value is -1.26. The van der Waals surface area contributed by atoms with E-state index < -0.39 is 0 Å². The number of rotatable bonds is 5. The second-order valence-electron chi connectivity index (χ2n) is 3.02. The first kappa shape index (κ1) is 12.7. The van der Waals surface area contributed by atoms with Crippen molar-refractivity contribution in [3.05, 3.63) is 0 Å². The van der Waals surface area contributed by atoms with Crippen molar-refractivity contribution >= 4 is 11.9 Å². The Labute approximate surface area is 84.8 Å². The van der Waals surface area contributed by atoms with Gasteiger partial charge < -0.3 is 15.5 Å². The quantitative estimate of drug-likeness (QED) is 0.666. The molecule has 0 spiro atoms. The number of carbonyl (C=O) groups is 2. The van der Waals surface area contributed by atoms with Gasteiger partial charge in [0.1, 0.15) is 0 Å². The van der Waals surface area contributed by atoms with Crippen LogP contribution in [0.3, 0.4) is 0 Å². The van der Waals surface area contributed by atoms with Gasteiger partial charge in [0.2, 0.25) is 5.91 Å². The average molecular weight is 201 g/mol. The summed E-state index contributed by atoms with van der Waals surface area (Å²) in [6, 6.07) is -0.287. The summed E-state index contributed by atoms with van der Waals surface area (Å²) in [5.74, 6) is -0.0841. The third kappa shape index (κ3) is 5.40. The van der Waals surface area contributed by atoms with Crippen molar-refractivity contribution < 1.29 is 9.59 Å². The van der Waals surface area contributed by atoms with E-state index in [0.29, 0.717) is 13.1 Å². The molecular weight excluding hydrogens is 182 g/mol. The number of hydrogen-bond donors (Lipinski definition) is 2. The molecule has 0 radical (unpaired) electrons. The Morgan fingerprint density at radius 2 is 1.86 bits per heavy atom. The molecule has 5 heteroatoms. The van der Waals surface area contributed by atoms with E-state index in [9.17, 15) is 9.59 Å². The van der Waals surface area contributed by atoms with Crippen LogP contribution >= 0.6 is 0 Å². The van der Waals surface area contributed by atoms with Crippen molar-refractivity contribution in [1.82, 2.24) is 15.5 Å². The van der Waals surface area contributed by atoms with E-state index in [4.69, 9.17) is 0 Å². The van der Waals surface area contributed by atoms with Crippen molar-refractivity contribution in [3.63, 3.8) is 0 Å². The molecular formula is C9H19N3O2. The van der Waals surface area contributed by atoms with E-state index in [1.54, 1.807) is 11.9 Å². The Balaban J connectivity index is 3.61. The summed E-state index contributed by atoms with van der Waals surface area (Å²) in [5, 5.41) is 5.12. The maximum absolute atomic E-state index is 11.2. The van der Waals surface area contributed by atoms with Crippen LogP contribution in [0.25, 0.3) is 0 Å². The lowest BCUT2D eigenvalue weighted by molar-refractivity contribution is -0.128. The monoisotopic (exact) mass is 201 g/mol. The van der Waals surface area contributed by atoms with Crippen LogP contribution in [0.2, 0.25) is 0 Å². The standard InChI is InChI=1S/C9H19N3O2/c1-4-6-10-9(14)11-7-8(13)12(3)5-2/h4-7H2,1-3H3,(H2,10,11,14). The van der Waals surface area contributed by atoms with Crippen molar-refractivity contribution in [2.24, 2.45) is 0 Å². The molecule has 0 aliphatic heterocycles. The molecule has 0 saturated carbocycles. The normalized spacial score (nSPS) is 9.36. The summed E-state index contributed by atoms with van der Waals surface area (Å²) >= 11 is 0. The van der Waals surface area contributed by atoms with Crippen LogP contribution < -0.4 is 10.6 Å². The van der Waals surface area contributed by atoms with Gasteiger partial charge in [0.25, 0.3) is 0 Å². The highest BCUT2D eigenvalue weighted by Crippen LogP contribution is 1.81. The van der Waals surface area contributed by atoms with E-state index >= 15 is 0 Å². The van der Waals surface area contributed by atoms with E-state index in [1.165, 1.54) is 0 Å². The highest BCUT2D eigenvalue weighted by molar-refractivity contribution is 5.83. The molecule has 0 unspecified atom stereocenters. The number of urea groups is 1. The number of hydrogen-bond acceptors (Lipinski definition) is 2. The van der Waals surface area contributed by atoms with E-state index in [0.717, 1.165) is 6.42 Å². The van der Waals surface area contributed by atoms with Crippen LogP contribution in [0.5, 0.6) is 0 Å². The predicted molar refractivity (Wildman–Crippen MR) is 55.0 cm³/mol. The SMILES string of the molecule is CCCNC(=O)NCC(=O)N(C)CC. The smallest absolute Gasteiger partial charge is 0.315 e. The average Bonchev–Trinajstić information content (AvgIpc) is 2.21. The van der Waals surface area contributed by atoms with E-state index in [1.807, 2.05) is 13.8 Å². The molecule has 82 valence electrons. The molecule has 0 fully saturated rings. The molecule has 0 aliphatic carbocycles. The molecule has 2 N–H and O–H groups in total. The summed E-state index contributed by atoms with van der Waals surface area (Å²) in [5.41, 5.74) is 0. The minimum Gasteiger partial charge on any atom is -0.345 e. The first-order valence-electron chi connectivity index (χ1n) is 4.87. The maximum Gasteiger partial charge on any atom is 0.315 e. The topological polar surface area (TPSA) is 61.4 Å². The zero-order valence-electron chi connectivity index (χ0n) is 9.09. The predicted octanol–water partition coefficient (Wildman–Crippen LogP) is 0.174. The number of carbonyl (C=O) groups excluding carboxylic acids is 2. The third-order valence-electron chi connectivity index (χ3n) is 1.84. The van der Waals surface area contributed by atoms with Crippen LogP contribution in [0.1, 0.15) is 20.3 Å². The lowest BCUT2D eigenvalue weighted by Gasteiger charge is -2.14. The van der Waals surface area contributed by atoms with Crippen molar-refractivity contribution in [1.29, 1.82) is 0 Å². The summed E-state index contributed by atoms with van der Waals surface area (Å²) < 4.78 is 0. The Bertz CT molecular complexity index is 194. The molecule has 0 bridgehead atoms. The van der Waals surface area contributed by atoms with Gasteiger partial charge in [-0.2, -0.15) is 0 Å². The van der Waals surface area contributed by atoms with Gasteiger partial charge in [0.15, 0.2) is 0 Å². The van der Waals surface area contributed by atoms with Gasteiger partial charge in [-0.1, -0.05) is 6.92 Å². The Kier molecular flexibility index (Phi) is 6.53. The zero-order valence-corrected chi connectivity index (χ0v) is 9.09. The van der Waals surface area contributed by atoms with Crippen LogP contribution in [0, 0.1) is 0 Å². The second-order valence-corrected chi connectivity index (χ2v) is 3.02. The minimum atomic E-state index is -0.287. The fourth-order valence-electron chi connectivity index (χ4n) is 0.768. The molecule has 5 nitrogen and oxygen atoms in total. The highest BCUT2D eigenvalue weighted by atomic mass is 16.2. The molecule has 0 aliphatic rings. The van der Waals surface area contributed by atoms with Gasteiger partial charge in [-0.05, 0) is 13.3 Å². The fourth-order valence-corrected chi connectivity index (χ4v) is 0.768. The maximum atomic E-state index is 11.2. The minimum absolute atomic E-state index is 0.0554. The van der Waals surface area contributed by atoms with Crippen LogP contribution in [-0.2, 0) is 4.79 Å². The zero-order chi connectivity index (χ0) is 11.0. The molecule has 0 saturated heterocycles. The fraction of sp³-hybridized carbons (Fsp3) is 0.778. The molecule has 0 rings (SSSR count). The van der Waals surface area contributed by atoms with Gasteiger partial charge in [-0.25, -0.2) is 4.79 Å². The largest absolute Gasteiger partial charge is 0.345 e. The lowest BCUT2D eigenvalue weighted by Crippen LogP contribution is -2.42. The van der Waals surface area contributed by atoms with Crippen LogP contribution in [-0.4, -0.2) is 43.5 Å². The number of amides is 3. The number of nitrogens with zero attached hydrogens (tertiary/aromatic N) is 1. The van der Waals surface area contributed by atoms with Crippen molar-refractivity contribution in [2.45, 2.75) is 20.3 Å². The number of nitrogens with one attached hydrogen (secondary N) is 2. The van der Waals surface area contributed by atoms with Crippen LogP contribution in [0.15, 0.2) is 0 Å². The van der Waals surface area contributed by atoms with Crippen molar-refractivity contribution in [3.8, 4) is 0 Å². The van der Waals surface area contributed by atoms with Crippen molar-refractivity contribution in [2.75, 3.05) is 26.7 Å². The van der Waals surface area contributed by atoms with Gasteiger partial charge in [0, 0.05) is 20.1 Å². The molecule has 0 aromatic rings. The second kappa shape index (κ2) is 7.17.